The van der Waals surface area contributed by atoms with Gasteiger partial charge >= 0.3 is 0 Å². The minimum atomic E-state index is 0.713. The van der Waals surface area contributed by atoms with Crippen LogP contribution in [-0.4, -0.2) is 49.8 Å². The van der Waals surface area contributed by atoms with E-state index in [1.54, 1.807) is 0 Å². The molecule has 3 rings (SSSR count). The molecule has 3 heteroatoms. The second kappa shape index (κ2) is 6.76. The van der Waals surface area contributed by atoms with Gasteiger partial charge in [0.1, 0.15) is 0 Å². The van der Waals surface area contributed by atoms with Crippen LogP contribution in [0.2, 0.25) is 0 Å². The first kappa shape index (κ1) is 14.8. The average Bonchev–Trinajstić information content (AvgIpc) is 3.24. The molecule has 116 valence electrons. The Morgan fingerprint density at radius 3 is 2.55 bits per heavy atom. The standard InChI is InChI=1S/C17H32N2O/c1-13(2)9-16-12-19(11-14-5-7-20-8-6-14)17(10-18-16)15-3-4-15/h13-18H,3-12H2,1-2H3. The fraction of sp³-hybridized carbons (Fsp3) is 1.00. The molecule has 3 aliphatic rings. The molecule has 3 nitrogen and oxygen atoms in total. The summed E-state index contributed by atoms with van der Waals surface area (Å²) in [5.74, 6) is 2.67. The maximum absolute atomic E-state index is 5.52. The molecule has 2 heterocycles. The van der Waals surface area contributed by atoms with E-state index in [9.17, 15) is 0 Å². The monoisotopic (exact) mass is 280 g/mol. The summed E-state index contributed by atoms with van der Waals surface area (Å²) in [6.45, 7) is 10.5. The molecule has 20 heavy (non-hydrogen) atoms. The largest absolute Gasteiger partial charge is 0.381 e. The van der Waals surface area contributed by atoms with E-state index in [0.717, 1.165) is 37.0 Å². The molecular weight excluding hydrogens is 248 g/mol. The van der Waals surface area contributed by atoms with E-state index in [4.69, 9.17) is 4.74 Å². The van der Waals surface area contributed by atoms with Crippen LogP contribution in [-0.2, 0) is 4.74 Å². The van der Waals surface area contributed by atoms with Gasteiger partial charge in [-0.3, -0.25) is 4.90 Å². The van der Waals surface area contributed by atoms with Gasteiger partial charge in [0.25, 0.3) is 0 Å². The Bertz CT molecular complexity index is 297. The highest BCUT2D eigenvalue weighted by molar-refractivity contribution is 4.95. The minimum Gasteiger partial charge on any atom is -0.381 e. The number of hydrogen-bond acceptors (Lipinski definition) is 3. The Hall–Kier alpha value is -0.120. The summed E-state index contributed by atoms with van der Waals surface area (Å²) < 4.78 is 5.52. The van der Waals surface area contributed by atoms with E-state index >= 15 is 0 Å². The molecule has 0 aromatic carbocycles. The van der Waals surface area contributed by atoms with Crippen LogP contribution < -0.4 is 5.32 Å². The Labute approximate surface area is 124 Å². The maximum atomic E-state index is 5.52. The molecular formula is C17H32N2O. The van der Waals surface area contributed by atoms with Gasteiger partial charge in [0, 0.05) is 44.9 Å². The summed E-state index contributed by atoms with van der Waals surface area (Å²) in [6.07, 6.45) is 6.80. The molecule has 2 atom stereocenters. The molecule has 0 bridgehead atoms. The Morgan fingerprint density at radius 2 is 1.90 bits per heavy atom. The molecule has 3 fully saturated rings. The van der Waals surface area contributed by atoms with Crippen molar-refractivity contribution in [2.45, 2.75) is 58.0 Å². The van der Waals surface area contributed by atoms with Crippen molar-refractivity contribution < 1.29 is 4.74 Å². The van der Waals surface area contributed by atoms with Gasteiger partial charge < -0.3 is 10.1 Å². The second-order valence-corrected chi connectivity index (χ2v) is 7.65. The number of ether oxygens (including phenoxy) is 1. The van der Waals surface area contributed by atoms with Gasteiger partial charge in [0.05, 0.1) is 0 Å². The van der Waals surface area contributed by atoms with Crippen LogP contribution in [0.5, 0.6) is 0 Å². The quantitative estimate of drug-likeness (QED) is 0.837. The summed E-state index contributed by atoms with van der Waals surface area (Å²) in [6, 6.07) is 1.53. The van der Waals surface area contributed by atoms with Crippen LogP contribution in [0.1, 0.15) is 46.0 Å². The lowest BCUT2D eigenvalue weighted by Crippen LogP contribution is -2.58. The lowest BCUT2D eigenvalue weighted by Gasteiger charge is -2.43. The van der Waals surface area contributed by atoms with Crippen molar-refractivity contribution >= 4 is 0 Å². The van der Waals surface area contributed by atoms with E-state index in [1.807, 2.05) is 0 Å². The SMILES string of the molecule is CC(C)CC1CN(CC2CCOCC2)C(C2CC2)CN1. The Balaban J connectivity index is 1.56. The summed E-state index contributed by atoms with van der Waals surface area (Å²) >= 11 is 0. The first-order valence-electron chi connectivity index (χ1n) is 8.77. The highest BCUT2D eigenvalue weighted by atomic mass is 16.5. The van der Waals surface area contributed by atoms with Gasteiger partial charge in [0.15, 0.2) is 0 Å². The smallest absolute Gasteiger partial charge is 0.0469 e. The van der Waals surface area contributed by atoms with Crippen molar-refractivity contribution in [1.82, 2.24) is 10.2 Å². The average molecular weight is 280 g/mol. The molecule has 0 amide bonds. The van der Waals surface area contributed by atoms with E-state index in [0.29, 0.717) is 6.04 Å². The highest BCUT2D eigenvalue weighted by Crippen LogP contribution is 2.37. The van der Waals surface area contributed by atoms with Crippen molar-refractivity contribution in [3.05, 3.63) is 0 Å². The molecule has 0 spiro atoms. The number of nitrogens with one attached hydrogen (secondary N) is 1. The third-order valence-corrected chi connectivity index (χ3v) is 5.30. The van der Waals surface area contributed by atoms with E-state index < -0.39 is 0 Å². The molecule has 1 saturated carbocycles. The van der Waals surface area contributed by atoms with Gasteiger partial charge in [-0.15, -0.1) is 0 Å². The molecule has 2 aliphatic heterocycles. The fourth-order valence-electron chi connectivity index (χ4n) is 4.04. The topological polar surface area (TPSA) is 24.5 Å². The van der Waals surface area contributed by atoms with Crippen molar-refractivity contribution in [3.63, 3.8) is 0 Å². The number of rotatable bonds is 5. The van der Waals surface area contributed by atoms with Crippen molar-refractivity contribution in [3.8, 4) is 0 Å². The van der Waals surface area contributed by atoms with Crippen molar-refractivity contribution in [2.24, 2.45) is 17.8 Å². The Morgan fingerprint density at radius 1 is 1.15 bits per heavy atom. The minimum absolute atomic E-state index is 0.713. The van der Waals surface area contributed by atoms with E-state index in [1.165, 1.54) is 51.7 Å². The zero-order valence-electron chi connectivity index (χ0n) is 13.3. The third-order valence-electron chi connectivity index (χ3n) is 5.30. The van der Waals surface area contributed by atoms with Gasteiger partial charge in [0.2, 0.25) is 0 Å². The summed E-state index contributed by atoms with van der Waals surface area (Å²) in [4.78, 5) is 2.84. The van der Waals surface area contributed by atoms with Gasteiger partial charge in [-0.1, -0.05) is 13.8 Å². The van der Waals surface area contributed by atoms with Gasteiger partial charge in [-0.05, 0) is 49.9 Å². The van der Waals surface area contributed by atoms with Gasteiger partial charge in [-0.25, -0.2) is 0 Å². The van der Waals surface area contributed by atoms with Crippen LogP contribution in [0.3, 0.4) is 0 Å². The first-order valence-corrected chi connectivity index (χ1v) is 8.77. The molecule has 0 aromatic rings. The molecule has 2 saturated heterocycles. The van der Waals surface area contributed by atoms with Crippen LogP contribution in [0.25, 0.3) is 0 Å². The van der Waals surface area contributed by atoms with Crippen LogP contribution >= 0.6 is 0 Å². The normalized spacial score (nSPS) is 33.8. The molecule has 1 aliphatic carbocycles. The molecule has 1 N–H and O–H groups in total. The Kier molecular flexibility index (Phi) is 5.00. The third kappa shape index (κ3) is 3.96. The van der Waals surface area contributed by atoms with Crippen LogP contribution in [0.15, 0.2) is 0 Å². The molecule has 2 unspecified atom stereocenters. The maximum Gasteiger partial charge on any atom is 0.0469 e. The second-order valence-electron chi connectivity index (χ2n) is 7.65. The van der Waals surface area contributed by atoms with E-state index in [-0.39, 0.29) is 0 Å². The first-order chi connectivity index (χ1) is 9.72. The van der Waals surface area contributed by atoms with Crippen molar-refractivity contribution in [1.29, 1.82) is 0 Å². The predicted molar refractivity (Wildman–Crippen MR) is 82.9 cm³/mol. The number of nitrogens with zero attached hydrogens (tertiary/aromatic N) is 1. The zero-order chi connectivity index (χ0) is 13.9. The van der Waals surface area contributed by atoms with Gasteiger partial charge in [-0.2, -0.15) is 0 Å². The number of piperazine rings is 1. The molecule has 0 radical (unpaired) electrons. The van der Waals surface area contributed by atoms with Crippen molar-refractivity contribution in [2.75, 3.05) is 32.8 Å². The summed E-state index contributed by atoms with van der Waals surface area (Å²) in [5.41, 5.74) is 0. The highest BCUT2D eigenvalue weighted by Gasteiger charge is 2.39. The fourth-order valence-corrected chi connectivity index (χ4v) is 4.04. The molecule has 0 aromatic heterocycles. The lowest BCUT2D eigenvalue weighted by molar-refractivity contribution is 0.0304. The van der Waals surface area contributed by atoms with Crippen LogP contribution in [0, 0.1) is 17.8 Å². The summed E-state index contributed by atoms with van der Waals surface area (Å²) in [5, 5.41) is 3.82. The predicted octanol–water partition coefficient (Wildman–Crippen LogP) is 2.51. The zero-order valence-corrected chi connectivity index (χ0v) is 13.3. The van der Waals surface area contributed by atoms with Crippen LogP contribution in [0.4, 0.5) is 0 Å². The lowest BCUT2D eigenvalue weighted by atomic mass is 9.94. The number of hydrogen-bond donors (Lipinski definition) is 1. The summed E-state index contributed by atoms with van der Waals surface area (Å²) in [7, 11) is 0. The van der Waals surface area contributed by atoms with E-state index in [2.05, 4.69) is 24.1 Å².